The average Bonchev–Trinajstić information content (AvgIpc) is 2.74. The number of oxazole rings is 1. The fraction of sp³-hybridized carbons (Fsp3) is 0.800. The molecule has 1 saturated carbocycles. The number of aromatic nitrogens is 1. The summed E-state index contributed by atoms with van der Waals surface area (Å²) in [4.78, 5) is 4.28. The molecule has 3 heteroatoms. The van der Waals surface area contributed by atoms with Crippen molar-refractivity contribution in [3.63, 3.8) is 0 Å². The second kappa shape index (κ2) is 6.93. The van der Waals surface area contributed by atoms with Gasteiger partial charge in [0.15, 0.2) is 0 Å². The lowest BCUT2D eigenvalue weighted by Gasteiger charge is -2.21. The summed E-state index contributed by atoms with van der Waals surface area (Å²) >= 11 is 0. The van der Waals surface area contributed by atoms with E-state index in [9.17, 15) is 0 Å². The first-order valence-electron chi connectivity index (χ1n) is 7.41. The van der Waals surface area contributed by atoms with E-state index in [1.54, 1.807) is 6.20 Å². The van der Waals surface area contributed by atoms with Crippen LogP contribution in [0.15, 0.2) is 10.6 Å². The van der Waals surface area contributed by atoms with Crippen LogP contribution < -0.4 is 5.32 Å². The predicted molar refractivity (Wildman–Crippen MR) is 73.5 cm³/mol. The van der Waals surface area contributed by atoms with E-state index in [4.69, 9.17) is 4.42 Å². The van der Waals surface area contributed by atoms with Crippen LogP contribution in [0.3, 0.4) is 0 Å². The van der Waals surface area contributed by atoms with Crippen LogP contribution >= 0.6 is 0 Å². The van der Waals surface area contributed by atoms with Crippen molar-refractivity contribution in [3.05, 3.63) is 17.8 Å². The summed E-state index contributed by atoms with van der Waals surface area (Å²) < 4.78 is 5.56. The molecule has 1 aromatic heterocycles. The Labute approximate surface area is 110 Å². The molecule has 1 unspecified atom stereocenters. The number of nitrogens with one attached hydrogen (secondary N) is 1. The van der Waals surface area contributed by atoms with E-state index in [1.165, 1.54) is 44.9 Å². The van der Waals surface area contributed by atoms with Crippen molar-refractivity contribution in [2.45, 2.75) is 64.8 Å². The van der Waals surface area contributed by atoms with Gasteiger partial charge in [0, 0.05) is 0 Å². The average molecular weight is 250 g/mol. The minimum Gasteiger partial charge on any atom is -0.444 e. The van der Waals surface area contributed by atoms with Crippen LogP contribution in [0.25, 0.3) is 0 Å². The molecule has 0 radical (unpaired) electrons. The predicted octanol–water partition coefficient (Wildman–Crippen LogP) is 3.99. The zero-order valence-electron chi connectivity index (χ0n) is 11.7. The third kappa shape index (κ3) is 4.13. The van der Waals surface area contributed by atoms with Gasteiger partial charge in [-0.3, -0.25) is 0 Å². The van der Waals surface area contributed by atoms with Crippen LogP contribution in [0.5, 0.6) is 0 Å². The molecule has 1 aliphatic carbocycles. The minimum absolute atomic E-state index is 0.226. The normalized spacial score (nSPS) is 20.3. The topological polar surface area (TPSA) is 38.1 Å². The maximum atomic E-state index is 5.56. The van der Waals surface area contributed by atoms with Crippen LogP contribution in [0.2, 0.25) is 0 Å². The number of aryl methyl sites for hydroxylation is 1. The van der Waals surface area contributed by atoms with Crippen molar-refractivity contribution >= 4 is 0 Å². The zero-order chi connectivity index (χ0) is 12.8. The molecule has 0 aromatic carbocycles. The van der Waals surface area contributed by atoms with E-state index in [2.05, 4.69) is 17.2 Å². The van der Waals surface area contributed by atoms with Crippen molar-refractivity contribution in [2.75, 3.05) is 6.54 Å². The van der Waals surface area contributed by atoms with E-state index in [1.807, 2.05) is 6.92 Å². The zero-order valence-corrected chi connectivity index (χ0v) is 11.7. The fourth-order valence-corrected chi connectivity index (χ4v) is 2.75. The Bertz CT molecular complexity index is 340. The Hall–Kier alpha value is -0.830. The first kappa shape index (κ1) is 13.6. The summed E-state index contributed by atoms with van der Waals surface area (Å²) in [5, 5.41) is 3.57. The Morgan fingerprint density at radius 2 is 1.94 bits per heavy atom. The molecule has 1 fully saturated rings. The number of rotatable bonds is 4. The van der Waals surface area contributed by atoms with Gasteiger partial charge in [0.1, 0.15) is 5.76 Å². The van der Waals surface area contributed by atoms with Gasteiger partial charge in [0.2, 0.25) is 5.89 Å². The van der Waals surface area contributed by atoms with E-state index < -0.39 is 0 Å². The van der Waals surface area contributed by atoms with Crippen LogP contribution in [0.1, 0.15) is 69.6 Å². The molecule has 3 nitrogen and oxygen atoms in total. The molecule has 0 spiro atoms. The third-order valence-corrected chi connectivity index (χ3v) is 3.95. The molecule has 1 heterocycles. The van der Waals surface area contributed by atoms with Crippen molar-refractivity contribution in [1.29, 1.82) is 0 Å². The Morgan fingerprint density at radius 1 is 1.28 bits per heavy atom. The summed E-state index contributed by atoms with van der Waals surface area (Å²) in [6, 6.07) is 0.226. The molecule has 102 valence electrons. The van der Waals surface area contributed by atoms with E-state index in [-0.39, 0.29) is 6.04 Å². The lowest BCUT2D eigenvalue weighted by Crippen LogP contribution is -2.26. The van der Waals surface area contributed by atoms with Gasteiger partial charge in [0.05, 0.1) is 12.2 Å². The number of nitrogens with zero attached hydrogens (tertiary/aromatic N) is 1. The first-order valence-corrected chi connectivity index (χ1v) is 7.41. The third-order valence-electron chi connectivity index (χ3n) is 3.95. The second-order valence-corrected chi connectivity index (χ2v) is 5.65. The summed E-state index contributed by atoms with van der Waals surface area (Å²) in [7, 11) is 0. The maximum absolute atomic E-state index is 5.56. The van der Waals surface area contributed by atoms with Crippen molar-refractivity contribution in [1.82, 2.24) is 10.3 Å². The first-order chi connectivity index (χ1) is 8.75. The van der Waals surface area contributed by atoms with E-state index in [0.29, 0.717) is 0 Å². The molecule has 1 N–H and O–H groups in total. The van der Waals surface area contributed by atoms with E-state index >= 15 is 0 Å². The molecular weight excluding hydrogens is 224 g/mol. The number of hydrogen-bond donors (Lipinski definition) is 1. The minimum atomic E-state index is 0.226. The van der Waals surface area contributed by atoms with Gasteiger partial charge < -0.3 is 9.73 Å². The molecule has 1 aliphatic rings. The van der Waals surface area contributed by atoms with Gasteiger partial charge in [-0.1, -0.05) is 32.1 Å². The highest BCUT2D eigenvalue weighted by molar-refractivity contribution is 4.95. The lowest BCUT2D eigenvalue weighted by molar-refractivity contribution is 0.330. The van der Waals surface area contributed by atoms with Crippen molar-refractivity contribution in [3.8, 4) is 0 Å². The highest BCUT2D eigenvalue weighted by Crippen LogP contribution is 2.22. The quantitative estimate of drug-likeness (QED) is 0.878. The molecule has 1 atom stereocenters. The van der Waals surface area contributed by atoms with Crippen LogP contribution in [-0.2, 0) is 0 Å². The van der Waals surface area contributed by atoms with Gasteiger partial charge in [-0.25, -0.2) is 4.98 Å². The Kier molecular flexibility index (Phi) is 5.24. The summed E-state index contributed by atoms with van der Waals surface area (Å²) in [6.45, 7) is 5.18. The molecule has 0 amide bonds. The van der Waals surface area contributed by atoms with Crippen LogP contribution in [0.4, 0.5) is 0 Å². The van der Waals surface area contributed by atoms with Crippen molar-refractivity contribution < 1.29 is 4.42 Å². The van der Waals surface area contributed by atoms with Gasteiger partial charge >= 0.3 is 0 Å². The van der Waals surface area contributed by atoms with Gasteiger partial charge in [-0.15, -0.1) is 0 Å². The fourth-order valence-electron chi connectivity index (χ4n) is 2.75. The molecule has 0 aliphatic heterocycles. The standard InChI is InChI=1S/C15H26N2O/c1-12-10-17-15(18-12)13(2)16-11-14-8-6-4-3-5-7-9-14/h10,13-14,16H,3-9,11H2,1-2H3. The molecular formula is C15H26N2O. The van der Waals surface area contributed by atoms with E-state index in [0.717, 1.165) is 24.1 Å². The maximum Gasteiger partial charge on any atom is 0.211 e. The lowest BCUT2D eigenvalue weighted by atomic mass is 9.91. The van der Waals surface area contributed by atoms with Crippen molar-refractivity contribution in [2.24, 2.45) is 5.92 Å². The van der Waals surface area contributed by atoms with Crippen LogP contribution in [-0.4, -0.2) is 11.5 Å². The van der Waals surface area contributed by atoms with Gasteiger partial charge in [-0.05, 0) is 39.2 Å². The molecule has 0 saturated heterocycles. The Morgan fingerprint density at radius 3 is 2.56 bits per heavy atom. The van der Waals surface area contributed by atoms with Crippen LogP contribution in [0, 0.1) is 12.8 Å². The molecule has 18 heavy (non-hydrogen) atoms. The highest BCUT2D eigenvalue weighted by Gasteiger charge is 2.15. The second-order valence-electron chi connectivity index (χ2n) is 5.65. The summed E-state index contributed by atoms with van der Waals surface area (Å²) in [6.07, 6.45) is 11.6. The van der Waals surface area contributed by atoms with Gasteiger partial charge in [-0.2, -0.15) is 0 Å². The smallest absolute Gasteiger partial charge is 0.211 e. The SMILES string of the molecule is Cc1cnc(C(C)NCC2CCCCCCC2)o1. The molecule has 0 bridgehead atoms. The Balaban J connectivity index is 1.75. The van der Waals surface area contributed by atoms with Gasteiger partial charge in [0.25, 0.3) is 0 Å². The summed E-state index contributed by atoms with van der Waals surface area (Å²) in [5.41, 5.74) is 0. The summed E-state index contributed by atoms with van der Waals surface area (Å²) in [5.74, 6) is 2.55. The highest BCUT2D eigenvalue weighted by atomic mass is 16.4. The molecule has 2 rings (SSSR count). The monoisotopic (exact) mass is 250 g/mol. The molecule has 1 aromatic rings. The largest absolute Gasteiger partial charge is 0.444 e. The number of hydrogen-bond acceptors (Lipinski definition) is 3.